The molecule has 2 aromatic carbocycles. The van der Waals surface area contributed by atoms with Crippen LogP contribution >= 0.6 is 0 Å². The Bertz CT molecular complexity index is 1030. The first kappa shape index (κ1) is 30.0. The second-order valence-corrected chi connectivity index (χ2v) is 10.1. The number of unbranched alkanes of at least 4 members (excludes halogenated alkanes) is 3. The van der Waals surface area contributed by atoms with Gasteiger partial charge in [0.1, 0.15) is 12.4 Å². The first-order valence-corrected chi connectivity index (χ1v) is 13.8. The molecule has 0 spiro atoms. The molecule has 1 fully saturated rings. The van der Waals surface area contributed by atoms with Crippen LogP contribution < -0.4 is 10.1 Å². The SMILES string of the molecule is CCCCCCNCCOc1ccc(C(C)N2CCN(C(=O)c3ccc(C(F)(F)F)cc3)CC2)c(C)c1C. The van der Waals surface area contributed by atoms with E-state index in [4.69, 9.17) is 4.74 Å². The Labute approximate surface area is 225 Å². The van der Waals surface area contributed by atoms with E-state index < -0.39 is 11.7 Å². The normalized spacial score (nSPS) is 15.5. The van der Waals surface area contributed by atoms with Crippen molar-refractivity contribution in [2.45, 2.75) is 65.6 Å². The third kappa shape index (κ3) is 7.96. The van der Waals surface area contributed by atoms with Crippen molar-refractivity contribution in [3.63, 3.8) is 0 Å². The van der Waals surface area contributed by atoms with E-state index in [0.29, 0.717) is 32.8 Å². The maximum Gasteiger partial charge on any atom is 0.416 e. The lowest BCUT2D eigenvalue weighted by molar-refractivity contribution is -0.137. The van der Waals surface area contributed by atoms with E-state index in [0.717, 1.165) is 36.5 Å². The molecule has 3 rings (SSSR count). The summed E-state index contributed by atoms with van der Waals surface area (Å²) >= 11 is 0. The second kappa shape index (κ2) is 14.0. The molecule has 1 unspecified atom stereocenters. The third-order valence-electron chi connectivity index (χ3n) is 7.58. The Morgan fingerprint density at radius 2 is 1.63 bits per heavy atom. The average Bonchev–Trinajstić information content (AvgIpc) is 2.91. The van der Waals surface area contributed by atoms with Crippen molar-refractivity contribution in [1.82, 2.24) is 15.1 Å². The molecule has 0 aliphatic carbocycles. The van der Waals surface area contributed by atoms with Crippen LogP contribution in [0.15, 0.2) is 36.4 Å². The topological polar surface area (TPSA) is 44.8 Å². The molecular weight excluding hydrogens is 491 g/mol. The van der Waals surface area contributed by atoms with Crippen LogP contribution in [0.5, 0.6) is 5.75 Å². The molecule has 1 aliphatic rings. The molecule has 38 heavy (non-hydrogen) atoms. The van der Waals surface area contributed by atoms with Crippen molar-refractivity contribution in [3.05, 3.63) is 64.2 Å². The van der Waals surface area contributed by atoms with Gasteiger partial charge in [-0.25, -0.2) is 0 Å². The summed E-state index contributed by atoms with van der Waals surface area (Å²) in [5, 5.41) is 3.45. The summed E-state index contributed by atoms with van der Waals surface area (Å²) in [6.45, 7) is 13.6. The summed E-state index contributed by atoms with van der Waals surface area (Å²) in [5.41, 5.74) is 3.14. The summed E-state index contributed by atoms with van der Waals surface area (Å²) in [6, 6.07) is 8.83. The van der Waals surface area contributed by atoms with Gasteiger partial charge in [-0.3, -0.25) is 9.69 Å². The van der Waals surface area contributed by atoms with Crippen molar-refractivity contribution in [2.24, 2.45) is 0 Å². The fourth-order valence-corrected chi connectivity index (χ4v) is 4.95. The number of amides is 1. The van der Waals surface area contributed by atoms with Crippen LogP contribution in [0.25, 0.3) is 0 Å². The Kier molecular flexibility index (Phi) is 11.0. The molecule has 5 nitrogen and oxygen atoms in total. The number of nitrogens with zero attached hydrogens (tertiary/aromatic N) is 2. The lowest BCUT2D eigenvalue weighted by Gasteiger charge is -2.39. The average molecular weight is 534 g/mol. The van der Waals surface area contributed by atoms with Crippen LogP contribution in [-0.4, -0.2) is 61.6 Å². The number of carbonyl (C=O) groups is 1. The van der Waals surface area contributed by atoms with Gasteiger partial charge in [-0.15, -0.1) is 0 Å². The van der Waals surface area contributed by atoms with Crippen LogP contribution in [0.1, 0.15) is 78.2 Å². The molecule has 1 amide bonds. The van der Waals surface area contributed by atoms with E-state index in [-0.39, 0.29) is 17.5 Å². The van der Waals surface area contributed by atoms with Crippen LogP contribution in [0.4, 0.5) is 13.2 Å². The first-order valence-electron chi connectivity index (χ1n) is 13.8. The number of benzene rings is 2. The van der Waals surface area contributed by atoms with E-state index in [9.17, 15) is 18.0 Å². The van der Waals surface area contributed by atoms with Gasteiger partial charge in [0, 0.05) is 44.3 Å². The van der Waals surface area contributed by atoms with Gasteiger partial charge in [0.25, 0.3) is 5.91 Å². The Morgan fingerprint density at radius 1 is 0.947 bits per heavy atom. The zero-order valence-electron chi connectivity index (χ0n) is 23.2. The molecule has 8 heteroatoms. The maximum atomic E-state index is 12.8. The third-order valence-corrected chi connectivity index (χ3v) is 7.58. The van der Waals surface area contributed by atoms with Gasteiger partial charge in [-0.05, 0) is 80.8 Å². The molecule has 0 aromatic heterocycles. The fraction of sp³-hybridized carbons (Fsp3) is 0.567. The zero-order chi connectivity index (χ0) is 27.7. The molecule has 1 aliphatic heterocycles. The van der Waals surface area contributed by atoms with E-state index in [1.54, 1.807) is 4.90 Å². The number of ether oxygens (including phenoxy) is 1. The monoisotopic (exact) mass is 533 g/mol. The van der Waals surface area contributed by atoms with Crippen LogP contribution in [0, 0.1) is 13.8 Å². The Balaban J connectivity index is 1.50. The standard InChI is InChI=1S/C30H42F3N3O2/c1-5-6-7-8-15-34-16-21-38-28-14-13-27(22(2)23(28)3)24(4)35-17-19-36(20-18-35)29(37)25-9-11-26(12-10-25)30(31,32)33/h9-14,24,34H,5-8,15-21H2,1-4H3. The zero-order valence-corrected chi connectivity index (χ0v) is 23.2. The van der Waals surface area contributed by atoms with Crippen molar-refractivity contribution in [3.8, 4) is 5.75 Å². The molecular formula is C30H42F3N3O2. The number of alkyl halides is 3. The predicted molar refractivity (Wildman–Crippen MR) is 146 cm³/mol. The highest BCUT2D eigenvalue weighted by Gasteiger charge is 2.31. The van der Waals surface area contributed by atoms with E-state index >= 15 is 0 Å². The summed E-state index contributed by atoms with van der Waals surface area (Å²) in [6.07, 6.45) is 0.605. The minimum Gasteiger partial charge on any atom is -0.492 e. The minimum absolute atomic E-state index is 0.177. The number of hydrogen-bond donors (Lipinski definition) is 1. The number of piperazine rings is 1. The quantitative estimate of drug-likeness (QED) is 0.321. The highest BCUT2D eigenvalue weighted by Crippen LogP contribution is 2.32. The van der Waals surface area contributed by atoms with E-state index in [2.05, 4.69) is 50.0 Å². The van der Waals surface area contributed by atoms with Crippen LogP contribution in [0.3, 0.4) is 0 Å². The molecule has 1 atom stereocenters. The minimum atomic E-state index is -4.41. The summed E-state index contributed by atoms with van der Waals surface area (Å²) in [4.78, 5) is 16.9. The Morgan fingerprint density at radius 3 is 2.26 bits per heavy atom. The van der Waals surface area contributed by atoms with Gasteiger partial charge < -0.3 is 15.0 Å². The molecule has 0 bridgehead atoms. The summed E-state index contributed by atoms with van der Waals surface area (Å²) < 4.78 is 44.5. The first-order chi connectivity index (χ1) is 18.1. The molecule has 1 heterocycles. The predicted octanol–water partition coefficient (Wildman–Crippen LogP) is 6.39. The van der Waals surface area contributed by atoms with Crippen molar-refractivity contribution >= 4 is 5.91 Å². The Hall–Kier alpha value is -2.58. The highest BCUT2D eigenvalue weighted by molar-refractivity contribution is 5.94. The van der Waals surface area contributed by atoms with Crippen LogP contribution in [0.2, 0.25) is 0 Å². The lowest BCUT2D eigenvalue weighted by Crippen LogP contribution is -2.49. The van der Waals surface area contributed by atoms with E-state index in [1.165, 1.54) is 48.9 Å². The molecule has 210 valence electrons. The van der Waals surface area contributed by atoms with Gasteiger partial charge in [-0.2, -0.15) is 13.2 Å². The second-order valence-electron chi connectivity index (χ2n) is 10.1. The number of halogens is 3. The molecule has 2 aromatic rings. The maximum absolute atomic E-state index is 12.8. The highest BCUT2D eigenvalue weighted by atomic mass is 19.4. The molecule has 1 N–H and O–H groups in total. The van der Waals surface area contributed by atoms with Crippen molar-refractivity contribution in [2.75, 3.05) is 45.9 Å². The number of nitrogens with one attached hydrogen (secondary N) is 1. The number of hydrogen-bond acceptors (Lipinski definition) is 4. The molecule has 1 saturated heterocycles. The number of carbonyl (C=O) groups excluding carboxylic acids is 1. The molecule has 0 radical (unpaired) electrons. The van der Waals surface area contributed by atoms with Gasteiger partial charge >= 0.3 is 6.18 Å². The van der Waals surface area contributed by atoms with E-state index in [1.807, 2.05) is 0 Å². The number of rotatable bonds is 12. The smallest absolute Gasteiger partial charge is 0.416 e. The van der Waals surface area contributed by atoms with Gasteiger partial charge in [0.15, 0.2) is 0 Å². The summed E-state index contributed by atoms with van der Waals surface area (Å²) in [7, 11) is 0. The van der Waals surface area contributed by atoms with Gasteiger partial charge in [0.2, 0.25) is 0 Å². The van der Waals surface area contributed by atoms with Gasteiger partial charge in [-0.1, -0.05) is 32.3 Å². The van der Waals surface area contributed by atoms with Crippen molar-refractivity contribution < 1.29 is 22.7 Å². The largest absolute Gasteiger partial charge is 0.492 e. The lowest BCUT2D eigenvalue weighted by atomic mass is 9.96. The van der Waals surface area contributed by atoms with Crippen molar-refractivity contribution in [1.29, 1.82) is 0 Å². The molecule has 0 saturated carbocycles. The van der Waals surface area contributed by atoms with Gasteiger partial charge in [0.05, 0.1) is 5.56 Å². The fourth-order valence-electron chi connectivity index (χ4n) is 4.95. The summed E-state index contributed by atoms with van der Waals surface area (Å²) in [5.74, 6) is 0.688. The van der Waals surface area contributed by atoms with Crippen LogP contribution in [-0.2, 0) is 6.18 Å².